The molecule has 1 saturated carbocycles. The van der Waals surface area contributed by atoms with Crippen LogP contribution in [-0.4, -0.2) is 32.1 Å². The molecule has 0 spiro atoms. The Bertz CT molecular complexity index is 274. The molecular formula is C6H12NO5P. The summed E-state index contributed by atoms with van der Waals surface area (Å²) in [6.07, 6.45) is 0.151. The molecule has 0 radical (unpaired) electrons. The van der Waals surface area contributed by atoms with Crippen LogP contribution in [0.1, 0.15) is 19.3 Å². The molecule has 0 heterocycles. The van der Waals surface area contributed by atoms with Crippen molar-refractivity contribution in [3.63, 3.8) is 0 Å². The molecule has 0 amide bonds. The average Bonchev–Trinajstić information content (AvgIpc) is 2.31. The number of nitrogens with two attached hydrogens (primary N) is 1. The zero-order valence-corrected chi connectivity index (χ0v) is 7.78. The van der Waals surface area contributed by atoms with Gasteiger partial charge in [0, 0.05) is 0 Å². The highest BCUT2D eigenvalue weighted by atomic mass is 31.2. The Kier molecular flexibility index (Phi) is 2.51. The summed E-state index contributed by atoms with van der Waals surface area (Å²) in [6.45, 7) is 0. The molecule has 0 unspecified atom stereocenters. The third-order valence-electron chi connectivity index (χ3n) is 2.43. The van der Waals surface area contributed by atoms with E-state index in [1.54, 1.807) is 0 Å². The van der Waals surface area contributed by atoms with Gasteiger partial charge in [-0.25, -0.2) is 0 Å². The van der Waals surface area contributed by atoms with Crippen LogP contribution in [0.25, 0.3) is 0 Å². The van der Waals surface area contributed by atoms with E-state index >= 15 is 0 Å². The van der Waals surface area contributed by atoms with Gasteiger partial charge in [-0.1, -0.05) is 0 Å². The fourth-order valence-corrected chi connectivity index (χ4v) is 2.56. The molecule has 5 N–H and O–H groups in total. The Balaban J connectivity index is 2.75. The summed E-state index contributed by atoms with van der Waals surface area (Å²) < 4.78 is 10.8. The number of carbonyl (C=O) groups is 1. The zero-order valence-electron chi connectivity index (χ0n) is 6.88. The summed E-state index contributed by atoms with van der Waals surface area (Å²) in [4.78, 5) is 28.2. The van der Waals surface area contributed by atoms with Crippen LogP contribution in [0.15, 0.2) is 0 Å². The number of aliphatic carboxylic acids is 1. The third kappa shape index (κ3) is 2.08. The van der Waals surface area contributed by atoms with Crippen LogP contribution in [-0.2, 0) is 9.36 Å². The van der Waals surface area contributed by atoms with E-state index in [9.17, 15) is 9.36 Å². The van der Waals surface area contributed by atoms with Crippen LogP contribution < -0.4 is 5.73 Å². The van der Waals surface area contributed by atoms with Crippen LogP contribution in [0.3, 0.4) is 0 Å². The summed E-state index contributed by atoms with van der Waals surface area (Å²) in [7, 11) is -4.18. The number of carboxylic acid groups (broad SMARTS) is 1. The van der Waals surface area contributed by atoms with Gasteiger partial charge in [-0.3, -0.25) is 9.36 Å². The highest BCUT2D eigenvalue weighted by Gasteiger charge is 2.47. The van der Waals surface area contributed by atoms with Crippen molar-refractivity contribution >= 4 is 13.6 Å². The molecule has 2 atom stereocenters. The molecule has 0 aliphatic heterocycles. The van der Waals surface area contributed by atoms with Gasteiger partial charge < -0.3 is 20.6 Å². The van der Waals surface area contributed by atoms with Crippen molar-refractivity contribution in [1.82, 2.24) is 0 Å². The van der Waals surface area contributed by atoms with Gasteiger partial charge >= 0.3 is 13.6 Å². The fraction of sp³-hybridized carbons (Fsp3) is 0.833. The van der Waals surface area contributed by atoms with Crippen LogP contribution in [0.5, 0.6) is 0 Å². The lowest BCUT2D eigenvalue weighted by Gasteiger charge is -2.18. The third-order valence-corrected chi connectivity index (χ3v) is 3.82. The average molecular weight is 209 g/mol. The second-order valence-corrected chi connectivity index (χ2v) is 5.36. The van der Waals surface area contributed by atoms with Gasteiger partial charge in [0.25, 0.3) is 0 Å². The highest BCUT2D eigenvalue weighted by Crippen LogP contribution is 2.51. The molecule has 0 aromatic carbocycles. The normalized spacial score (nSPS) is 34.8. The fourth-order valence-electron chi connectivity index (χ4n) is 1.53. The Labute approximate surface area is 74.9 Å². The summed E-state index contributed by atoms with van der Waals surface area (Å²) in [5.41, 5.74) is 3.10. The van der Waals surface area contributed by atoms with Crippen molar-refractivity contribution < 1.29 is 24.3 Å². The van der Waals surface area contributed by atoms with Crippen molar-refractivity contribution in [2.45, 2.75) is 30.5 Å². The van der Waals surface area contributed by atoms with Gasteiger partial charge in [-0.2, -0.15) is 0 Å². The lowest BCUT2D eigenvalue weighted by Crippen LogP contribution is -2.45. The molecule has 0 bridgehead atoms. The Morgan fingerprint density at radius 1 is 1.54 bits per heavy atom. The van der Waals surface area contributed by atoms with E-state index in [-0.39, 0.29) is 19.3 Å². The van der Waals surface area contributed by atoms with E-state index in [4.69, 9.17) is 20.6 Å². The van der Waals surface area contributed by atoms with E-state index in [0.29, 0.717) is 0 Å². The minimum atomic E-state index is -4.18. The van der Waals surface area contributed by atoms with Gasteiger partial charge in [0.05, 0.1) is 5.66 Å². The minimum absolute atomic E-state index is 0.123. The summed E-state index contributed by atoms with van der Waals surface area (Å²) in [5, 5.41) is 8.68. The topological polar surface area (TPSA) is 121 Å². The molecule has 0 aromatic heterocycles. The first-order valence-electron chi connectivity index (χ1n) is 3.83. The van der Waals surface area contributed by atoms with E-state index < -0.39 is 24.8 Å². The molecule has 76 valence electrons. The molecule has 7 heteroatoms. The molecule has 0 saturated heterocycles. The lowest BCUT2D eigenvalue weighted by atomic mass is 10.0. The quantitative estimate of drug-likeness (QED) is 0.455. The Morgan fingerprint density at radius 3 is 2.31 bits per heavy atom. The molecule has 0 aromatic rings. The molecular weight excluding hydrogens is 197 g/mol. The van der Waals surface area contributed by atoms with Gasteiger partial charge in [-0.05, 0) is 19.3 Å². The maximum absolute atomic E-state index is 10.8. The molecule has 1 aliphatic carbocycles. The van der Waals surface area contributed by atoms with Crippen molar-refractivity contribution in [3.8, 4) is 0 Å². The van der Waals surface area contributed by atoms with E-state index in [2.05, 4.69) is 0 Å². The van der Waals surface area contributed by atoms with Gasteiger partial charge in [0.2, 0.25) is 0 Å². The van der Waals surface area contributed by atoms with E-state index in [0.717, 1.165) is 0 Å². The number of hydrogen-bond donors (Lipinski definition) is 4. The molecule has 13 heavy (non-hydrogen) atoms. The second-order valence-electron chi connectivity index (χ2n) is 3.45. The summed E-state index contributed by atoms with van der Waals surface area (Å²) in [5.74, 6) is -1.19. The van der Waals surface area contributed by atoms with Crippen molar-refractivity contribution in [1.29, 1.82) is 0 Å². The summed E-state index contributed by atoms with van der Waals surface area (Å²) >= 11 is 0. The van der Waals surface area contributed by atoms with E-state index in [1.165, 1.54) is 0 Å². The van der Waals surface area contributed by atoms with Gasteiger partial charge in [0.1, 0.15) is 5.54 Å². The molecule has 1 aliphatic rings. The van der Waals surface area contributed by atoms with Gasteiger partial charge in [0.15, 0.2) is 0 Å². The highest BCUT2D eigenvalue weighted by molar-refractivity contribution is 7.52. The number of rotatable bonds is 2. The smallest absolute Gasteiger partial charge is 0.328 e. The van der Waals surface area contributed by atoms with Crippen LogP contribution >= 0.6 is 7.60 Å². The lowest BCUT2D eigenvalue weighted by molar-refractivity contribution is -0.143. The van der Waals surface area contributed by atoms with Crippen molar-refractivity contribution in [3.05, 3.63) is 0 Å². The van der Waals surface area contributed by atoms with Crippen molar-refractivity contribution in [2.75, 3.05) is 0 Å². The predicted molar refractivity (Wildman–Crippen MR) is 44.2 cm³/mol. The van der Waals surface area contributed by atoms with Gasteiger partial charge in [-0.15, -0.1) is 0 Å². The maximum atomic E-state index is 10.8. The first-order valence-corrected chi connectivity index (χ1v) is 5.51. The summed E-state index contributed by atoms with van der Waals surface area (Å²) in [6, 6.07) is 0. The second kappa shape index (κ2) is 3.06. The largest absolute Gasteiger partial charge is 0.480 e. The molecule has 6 nitrogen and oxygen atoms in total. The minimum Gasteiger partial charge on any atom is -0.480 e. The Hall–Kier alpha value is -0.420. The number of hydrogen-bond acceptors (Lipinski definition) is 3. The van der Waals surface area contributed by atoms with Crippen LogP contribution in [0.4, 0.5) is 0 Å². The first kappa shape index (κ1) is 10.7. The Morgan fingerprint density at radius 2 is 2.08 bits per heavy atom. The standard InChI is InChI=1S/C6H12NO5P/c7-6(5(8)9)2-1-4(3-6)13(10,11)12/h4H,1-3,7H2,(H,8,9)(H2,10,11,12)/t4-,6-/m0/s1. The monoisotopic (exact) mass is 209 g/mol. The van der Waals surface area contributed by atoms with E-state index in [1.807, 2.05) is 0 Å². The molecule has 1 rings (SSSR count). The first-order chi connectivity index (χ1) is 5.76. The maximum Gasteiger partial charge on any atom is 0.328 e. The van der Waals surface area contributed by atoms with Crippen molar-refractivity contribution in [2.24, 2.45) is 5.73 Å². The number of carboxylic acids is 1. The SMILES string of the molecule is N[C@@]1(C(=O)O)CC[C@H](P(=O)(O)O)C1. The zero-order chi connectivity index (χ0) is 10.3. The van der Waals surface area contributed by atoms with Crippen LogP contribution in [0.2, 0.25) is 0 Å². The predicted octanol–water partition coefficient (Wildman–Crippen LogP) is -0.501. The van der Waals surface area contributed by atoms with Crippen LogP contribution in [0, 0.1) is 0 Å². The molecule has 1 fully saturated rings.